The van der Waals surface area contributed by atoms with E-state index in [2.05, 4.69) is 10.6 Å². The van der Waals surface area contributed by atoms with Crippen molar-refractivity contribution >= 4 is 23.4 Å². The van der Waals surface area contributed by atoms with Crippen LogP contribution in [0.3, 0.4) is 0 Å². The van der Waals surface area contributed by atoms with Crippen LogP contribution in [-0.4, -0.2) is 17.7 Å². The Balaban J connectivity index is 1.79. The first kappa shape index (κ1) is 21.4. The maximum Gasteiger partial charge on any atom is 0.229 e. The van der Waals surface area contributed by atoms with Gasteiger partial charge < -0.3 is 10.1 Å². The largest absolute Gasteiger partial charge is 0.451 e. The second kappa shape index (κ2) is 8.22. The summed E-state index contributed by atoms with van der Waals surface area (Å²) in [6.07, 6.45) is 0.370. The number of anilines is 1. The van der Waals surface area contributed by atoms with Gasteiger partial charge in [-0.25, -0.2) is 8.78 Å². The minimum atomic E-state index is -1.02. The maximum atomic E-state index is 14.8. The number of benzene rings is 2. The molecule has 1 aliphatic rings. The molecule has 0 bridgehead atoms. The van der Waals surface area contributed by atoms with Crippen molar-refractivity contribution in [2.24, 2.45) is 5.41 Å². The summed E-state index contributed by atoms with van der Waals surface area (Å²) in [4.78, 5) is 35.2. The van der Waals surface area contributed by atoms with Crippen molar-refractivity contribution in [2.75, 3.05) is 5.32 Å². The van der Waals surface area contributed by atoms with Crippen molar-refractivity contribution in [3.05, 3.63) is 53.6 Å². The molecule has 0 saturated carbocycles. The molecule has 0 radical (unpaired) electrons. The van der Waals surface area contributed by atoms with Crippen molar-refractivity contribution in [3.63, 3.8) is 0 Å². The van der Waals surface area contributed by atoms with E-state index < -0.39 is 28.7 Å². The highest BCUT2D eigenvalue weighted by Gasteiger charge is 2.27. The van der Waals surface area contributed by atoms with Gasteiger partial charge in [0, 0.05) is 24.2 Å². The summed E-state index contributed by atoms with van der Waals surface area (Å²) in [5, 5.41) is 4.68. The van der Waals surface area contributed by atoms with E-state index in [9.17, 15) is 23.2 Å². The molecular weight excluding hydrogens is 394 g/mol. The topological polar surface area (TPSA) is 84.5 Å². The lowest BCUT2D eigenvalue weighted by molar-refractivity contribution is -0.133. The molecule has 6 nitrogen and oxygen atoms in total. The summed E-state index contributed by atoms with van der Waals surface area (Å²) in [7, 11) is 0. The summed E-state index contributed by atoms with van der Waals surface area (Å²) in [6, 6.07) is 8.45. The number of rotatable bonds is 4. The molecule has 1 fully saturated rings. The summed E-state index contributed by atoms with van der Waals surface area (Å²) in [5.74, 6) is -3.76. The molecule has 30 heavy (non-hydrogen) atoms. The van der Waals surface area contributed by atoms with Crippen molar-refractivity contribution in [1.29, 1.82) is 0 Å². The average Bonchev–Trinajstić information content (AvgIpc) is 2.66. The number of imide groups is 1. The van der Waals surface area contributed by atoms with Crippen molar-refractivity contribution < 1.29 is 27.9 Å². The third-order valence-electron chi connectivity index (χ3n) is 4.69. The molecule has 0 aliphatic carbocycles. The molecule has 1 aliphatic heterocycles. The van der Waals surface area contributed by atoms with E-state index in [1.165, 1.54) is 12.1 Å². The highest BCUT2D eigenvalue weighted by Crippen LogP contribution is 2.34. The van der Waals surface area contributed by atoms with Crippen LogP contribution in [0.1, 0.15) is 45.1 Å². The van der Waals surface area contributed by atoms with Gasteiger partial charge in [-0.2, -0.15) is 0 Å². The van der Waals surface area contributed by atoms with E-state index in [1.54, 1.807) is 32.9 Å². The second-order valence-corrected chi connectivity index (χ2v) is 8.19. The normalized spacial score (nSPS) is 15.0. The molecule has 2 aromatic rings. The predicted molar refractivity (Wildman–Crippen MR) is 106 cm³/mol. The molecule has 8 heteroatoms. The Morgan fingerprint density at radius 1 is 1.03 bits per heavy atom. The molecule has 0 spiro atoms. The quantitative estimate of drug-likeness (QED) is 0.730. The number of carbonyl (C=O) groups is 3. The van der Waals surface area contributed by atoms with Gasteiger partial charge in [-0.3, -0.25) is 19.7 Å². The molecule has 1 heterocycles. The summed E-state index contributed by atoms with van der Waals surface area (Å²) >= 11 is 0. The molecule has 0 aromatic heterocycles. The van der Waals surface area contributed by atoms with Gasteiger partial charge >= 0.3 is 0 Å². The van der Waals surface area contributed by atoms with E-state index in [-0.39, 0.29) is 42.0 Å². The van der Waals surface area contributed by atoms with Crippen molar-refractivity contribution in [2.45, 2.75) is 39.5 Å². The standard InChI is InChI=1S/C22H22F2N2O4/c1-22(2,3)21(29)25-16-9-8-15(23)20(19(16)24)30-14-6-4-12(5-7-14)13-10-17(27)26-18(28)11-13/h4-9,13H,10-11H2,1-3H3,(H,25,29)(H,26,27,28). The lowest BCUT2D eigenvalue weighted by Crippen LogP contribution is -2.37. The number of hydrogen-bond acceptors (Lipinski definition) is 4. The van der Waals surface area contributed by atoms with Crippen LogP contribution in [0.2, 0.25) is 0 Å². The summed E-state index contributed by atoms with van der Waals surface area (Å²) < 4.78 is 34.3. The van der Waals surface area contributed by atoms with Crippen LogP contribution in [0.15, 0.2) is 36.4 Å². The van der Waals surface area contributed by atoms with Crippen LogP contribution in [-0.2, 0) is 14.4 Å². The Hall–Kier alpha value is -3.29. The van der Waals surface area contributed by atoms with Crippen molar-refractivity contribution in [3.8, 4) is 11.5 Å². The monoisotopic (exact) mass is 416 g/mol. The van der Waals surface area contributed by atoms with Gasteiger partial charge in [0.05, 0.1) is 5.69 Å². The van der Waals surface area contributed by atoms with Crippen LogP contribution < -0.4 is 15.4 Å². The van der Waals surface area contributed by atoms with Crippen LogP contribution in [0.4, 0.5) is 14.5 Å². The van der Waals surface area contributed by atoms with Crippen LogP contribution in [0.25, 0.3) is 0 Å². The van der Waals surface area contributed by atoms with E-state index in [0.717, 1.165) is 17.7 Å². The predicted octanol–water partition coefficient (Wildman–Crippen LogP) is 4.26. The molecule has 1 saturated heterocycles. The molecule has 2 aromatic carbocycles. The van der Waals surface area contributed by atoms with E-state index >= 15 is 0 Å². The highest BCUT2D eigenvalue weighted by atomic mass is 19.1. The second-order valence-electron chi connectivity index (χ2n) is 8.19. The minimum absolute atomic E-state index is 0.169. The molecule has 2 N–H and O–H groups in total. The Morgan fingerprint density at radius 3 is 2.20 bits per heavy atom. The third kappa shape index (κ3) is 4.82. The van der Waals surface area contributed by atoms with E-state index in [0.29, 0.717) is 0 Å². The number of halogens is 2. The van der Waals surface area contributed by atoms with Gasteiger partial charge in [-0.05, 0) is 29.8 Å². The van der Waals surface area contributed by atoms with Crippen LogP contribution in [0.5, 0.6) is 11.5 Å². The van der Waals surface area contributed by atoms with E-state index in [1.807, 2.05) is 0 Å². The number of amides is 3. The fraction of sp³-hybridized carbons (Fsp3) is 0.318. The number of carbonyl (C=O) groups excluding carboxylic acids is 3. The number of nitrogens with one attached hydrogen (secondary N) is 2. The highest BCUT2D eigenvalue weighted by molar-refractivity contribution is 5.98. The number of ether oxygens (including phenoxy) is 1. The maximum absolute atomic E-state index is 14.8. The fourth-order valence-electron chi connectivity index (χ4n) is 2.97. The molecule has 0 atom stereocenters. The Morgan fingerprint density at radius 2 is 1.63 bits per heavy atom. The number of hydrogen-bond donors (Lipinski definition) is 2. The SMILES string of the molecule is CC(C)(C)C(=O)Nc1ccc(F)c(Oc2ccc(C3CC(=O)NC(=O)C3)cc2)c1F. The molecule has 3 amide bonds. The molecule has 3 rings (SSSR count). The van der Waals surface area contributed by atoms with Crippen LogP contribution >= 0.6 is 0 Å². The van der Waals surface area contributed by atoms with Gasteiger partial charge in [0.1, 0.15) is 5.75 Å². The first-order chi connectivity index (χ1) is 14.0. The zero-order chi connectivity index (χ0) is 22.1. The molecule has 158 valence electrons. The first-order valence-electron chi connectivity index (χ1n) is 9.44. The fourth-order valence-corrected chi connectivity index (χ4v) is 2.97. The summed E-state index contributed by atoms with van der Waals surface area (Å²) in [5.41, 5.74) is -0.193. The lowest BCUT2D eigenvalue weighted by atomic mass is 9.89. The third-order valence-corrected chi connectivity index (χ3v) is 4.69. The van der Waals surface area contributed by atoms with Gasteiger partial charge in [0.25, 0.3) is 0 Å². The Bertz CT molecular complexity index is 981. The van der Waals surface area contributed by atoms with Gasteiger partial charge in [0.2, 0.25) is 23.5 Å². The Labute approximate surface area is 172 Å². The number of piperidine rings is 1. The summed E-state index contributed by atoms with van der Waals surface area (Å²) in [6.45, 7) is 5.02. The van der Waals surface area contributed by atoms with Gasteiger partial charge in [0.15, 0.2) is 11.6 Å². The smallest absolute Gasteiger partial charge is 0.229 e. The zero-order valence-corrected chi connectivity index (χ0v) is 16.8. The van der Waals surface area contributed by atoms with Crippen molar-refractivity contribution in [1.82, 2.24) is 5.32 Å². The van der Waals surface area contributed by atoms with Gasteiger partial charge in [-0.1, -0.05) is 32.9 Å². The first-order valence-corrected chi connectivity index (χ1v) is 9.44. The molecular formula is C22H22F2N2O4. The van der Waals surface area contributed by atoms with E-state index in [4.69, 9.17) is 4.74 Å². The molecule has 0 unspecified atom stereocenters. The zero-order valence-electron chi connectivity index (χ0n) is 16.8. The minimum Gasteiger partial charge on any atom is -0.451 e. The Kier molecular flexibility index (Phi) is 5.87. The lowest BCUT2D eigenvalue weighted by Gasteiger charge is -2.21. The van der Waals surface area contributed by atoms with Gasteiger partial charge in [-0.15, -0.1) is 0 Å². The van der Waals surface area contributed by atoms with Crippen LogP contribution in [0, 0.1) is 17.0 Å². The average molecular weight is 416 g/mol.